The third-order valence-electron chi connectivity index (χ3n) is 5.38. The number of benzene rings is 2. The van der Waals surface area contributed by atoms with Crippen LogP contribution in [0.2, 0.25) is 0 Å². The van der Waals surface area contributed by atoms with Crippen LogP contribution in [0.25, 0.3) is 28.2 Å². The highest BCUT2D eigenvalue weighted by Gasteiger charge is 2.26. The van der Waals surface area contributed by atoms with Gasteiger partial charge in [0, 0.05) is 30.8 Å². The first kappa shape index (κ1) is 19.2. The Morgan fingerprint density at radius 3 is 2.68 bits per heavy atom. The number of aromatic nitrogens is 4. The minimum Gasteiger partial charge on any atom is -0.370 e. The van der Waals surface area contributed by atoms with Crippen LogP contribution in [-0.4, -0.2) is 26.1 Å². The molecule has 0 atom stereocenters. The van der Waals surface area contributed by atoms with E-state index in [9.17, 15) is 13.6 Å². The molecule has 8 heteroatoms. The highest BCUT2D eigenvalue weighted by molar-refractivity contribution is 5.87. The van der Waals surface area contributed by atoms with E-state index >= 15 is 0 Å². The first-order chi connectivity index (χ1) is 15.0. The van der Waals surface area contributed by atoms with Crippen LogP contribution in [0.5, 0.6) is 0 Å². The van der Waals surface area contributed by atoms with E-state index in [2.05, 4.69) is 15.5 Å². The van der Waals surface area contributed by atoms with Crippen LogP contribution in [0.15, 0.2) is 59.4 Å². The second-order valence-electron chi connectivity index (χ2n) is 7.45. The van der Waals surface area contributed by atoms with E-state index < -0.39 is 11.6 Å². The van der Waals surface area contributed by atoms with Crippen molar-refractivity contribution in [2.45, 2.75) is 19.9 Å². The van der Waals surface area contributed by atoms with Crippen molar-refractivity contribution >= 4 is 5.82 Å². The molecule has 3 heterocycles. The SMILES string of the molecule is Cc1ccccc1-n1nc(-c2c(-c3ccc(F)cc3F)nn3c2NCCC3)ccc1=O. The maximum Gasteiger partial charge on any atom is 0.271 e. The fraction of sp³-hybridized carbons (Fsp3) is 0.174. The third kappa shape index (κ3) is 3.30. The Balaban J connectivity index is 1.76. The number of para-hydroxylation sites is 1. The standard InChI is InChI=1S/C23H19F2N5O/c1-14-5-2-3-6-19(14)30-20(31)10-9-18(27-30)21-22(16-8-7-15(24)13-17(16)25)28-29-12-4-11-26-23(21)29/h2-3,5-10,13,26H,4,11-12H2,1H3. The molecule has 2 aromatic carbocycles. The van der Waals surface area contributed by atoms with Gasteiger partial charge in [0.1, 0.15) is 23.1 Å². The lowest BCUT2D eigenvalue weighted by Crippen LogP contribution is -2.21. The zero-order valence-electron chi connectivity index (χ0n) is 16.8. The number of halogens is 2. The Labute approximate surface area is 176 Å². The number of hydrogen-bond acceptors (Lipinski definition) is 4. The van der Waals surface area contributed by atoms with E-state index in [1.54, 1.807) is 10.7 Å². The summed E-state index contributed by atoms with van der Waals surface area (Å²) in [5.41, 5.74) is 2.86. The normalized spacial score (nSPS) is 13.0. The Morgan fingerprint density at radius 1 is 1.03 bits per heavy atom. The maximum atomic E-state index is 14.7. The molecule has 0 spiro atoms. The molecule has 0 unspecified atom stereocenters. The van der Waals surface area contributed by atoms with Crippen molar-refractivity contribution in [3.63, 3.8) is 0 Å². The fourth-order valence-corrected chi connectivity index (χ4v) is 3.87. The topological polar surface area (TPSA) is 64.7 Å². The van der Waals surface area contributed by atoms with Gasteiger partial charge in [-0.3, -0.25) is 4.79 Å². The minimum atomic E-state index is -0.705. The lowest BCUT2D eigenvalue weighted by molar-refractivity contribution is 0.566. The fourth-order valence-electron chi connectivity index (χ4n) is 3.87. The Hall–Kier alpha value is -3.81. The van der Waals surface area contributed by atoms with Crippen LogP contribution < -0.4 is 10.9 Å². The van der Waals surface area contributed by atoms with Gasteiger partial charge in [0.05, 0.1) is 16.9 Å². The monoisotopic (exact) mass is 419 g/mol. The number of hydrogen-bond donors (Lipinski definition) is 1. The van der Waals surface area contributed by atoms with Crippen molar-refractivity contribution < 1.29 is 8.78 Å². The minimum absolute atomic E-state index is 0.176. The van der Waals surface area contributed by atoms with Gasteiger partial charge in [-0.1, -0.05) is 18.2 Å². The molecule has 6 nitrogen and oxygen atoms in total. The smallest absolute Gasteiger partial charge is 0.271 e. The first-order valence-electron chi connectivity index (χ1n) is 10.00. The molecule has 0 fully saturated rings. The van der Waals surface area contributed by atoms with E-state index in [1.807, 2.05) is 31.2 Å². The largest absolute Gasteiger partial charge is 0.370 e. The molecule has 4 aromatic rings. The van der Waals surface area contributed by atoms with Crippen LogP contribution in [-0.2, 0) is 6.54 Å². The molecule has 0 amide bonds. The Kier molecular flexibility index (Phi) is 4.62. The quantitative estimate of drug-likeness (QED) is 0.542. The van der Waals surface area contributed by atoms with Crippen LogP contribution in [0.3, 0.4) is 0 Å². The predicted molar refractivity (Wildman–Crippen MR) is 114 cm³/mol. The maximum absolute atomic E-state index is 14.7. The molecule has 1 aliphatic heterocycles. The van der Waals surface area contributed by atoms with Crippen molar-refractivity contribution in [3.05, 3.63) is 82.1 Å². The van der Waals surface area contributed by atoms with Crippen LogP contribution >= 0.6 is 0 Å². The van der Waals surface area contributed by atoms with Crippen molar-refractivity contribution in [2.75, 3.05) is 11.9 Å². The van der Waals surface area contributed by atoms with Crippen molar-refractivity contribution in [3.8, 4) is 28.2 Å². The summed E-state index contributed by atoms with van der Waals surface area (Å²) >= 11 is 0. The highest BCUT2D eigenvalue weighted by Crippen LogP contribution is 2.39. The van der Waals surface area contributed by atoms with Crippen LogP contribution in [0.1, 0.15) is 12.0 Å². The second-order valence-corrected chi connectivity index (χ2v) is 7.45. The van der Waals surface area contributed by atoms with E-state index in [-0.39, 0.29) is 11.1 Å². The summed E-state index contributed by atoms with van der Waals surface area (Å²) in [5, 5.41) is 12.5. The zero-order valence-corrected chi connectivity index (χ0v) is 16.8. The van der Waals surface area contributed by atoms with Gasteiger partial charge in [0.25, 0.3) is 5.56 Å². The summed E-state index contributed by atoms with van der Waals surface area (Å²) in [5.74, 6) is -0.660. The summed E-state index contributed by atoms with van der Waals surface area (Å²) in [6, 6.07) is 13.9. The number of anilines is 1. The van der Waals surface area contributed by atoms with Gasteiger partial charge in [-0.05, 0) is 43.2 Å². The third-order valence-corrected chi connectivity index (χ3v) is 5.38. The average Bonchev–Trinajstić information content (AvgIpc) is 3.14. The van der Waals surface area contributed by atoms with Gasteiger partial charge in [-0.25, -0.2) is 13.5 Å². The Morgan fingerprint density at radius 2 is 1.87 bits per heavy atom. The van der Waals surface area contributed by atoms with Gasteiger partial charge in [0.15, 0.2) is 0 Å². The first-order valence-corrected chi connectivity index (χ1v) is 10.00. The molecule has 1 N–H and O–H groups in total. The summed E-state index contributed by atoms with van der Waals surface area (Å²) < 4.78 is 31.3. The molecule has 5 rings (SSSR count). The van der Waals surface area contributed by atoms with Crippen LogP contribution in [0.4, 0.5) is 14.6 Å². The molecule has 0 bridgehead atoms. The van der Waals surface area contributed by atoms with E-state index in [1.165, 1.54) is 22.9 Å². The van der Waals surface area contributed by atoms with Gasteiger partial charge in [0.2, 0.25) is 0 Å². The lowest BCUT2D eigenvalue weighted by Gasteiger charge is -2.17. The average molecular weight is 419 g/mol. The number of nitrogens with zero attached hydrogens (tertiary/aromatic N) is 4. The number of fused-ring (bicyclic) bond motifs is 1. The zero-order chi connectivity index (χ0) is 21.5. The molecule has 156 valence electrons. The van der Waals surface area contributed by atoms with E-state index in [0.29, 0.717) is 35.0 Å². The highest BCUT2D eigenvalue weighted by atomic mass is 19.1. The molecule has 0 radical (unpaired) electrons. The number of rotatable bonds is 3. The summed E-state index contributed by atoms with van der Waals surface area (Å²) in [6.07, 6.45) is 0.871. The molecule has 31 heavy (non-hydrogen) atoms. The molecule has 2 aromatic heterocycles. The van der Waals surface area contributed by atoms with E-state index in [4.69, 9.17) is 0 Å². The van der Waals surface area contributed by atoms with E-state index in [0.717, 1.165) is 24.6 Å². The number of nitrogens with one attached hydrogen (secondary N) is 1. The van der Waals surface area contributed by atoms with Crippen LogP contribution in [0, 0.1) is 18.6 Å². The molecule has 0 aliphatic carbocycles. The Bertz CT molecular complexity index is 1360. The number of aryl methyl sites for hydroxylation is 2. The molecular formula is C23H19F2N5O. The van der Waals surface area contributed by atoms with Crippen molar-refractivity contribution in [1.29, 1.82) is 0 Å². The molecular weight excluding hydrogens is 400 g/mol. The molecule has 1 aliphatic rings. The van der Waals surface area contributed by atoms with Crippen molar-refractivity contribution in [2.24, 2.45) is 0 Å². The molecule has 0 saturated carbocycles. The lowest BCUT2D eigenvalue weighted by atomic mass is 10.0. The second kappa shape index (κ2) is 7.46. The molecule has 0 saturated heterocycles. The van der Waals surface area contributed by atoms with Gasteiger partial charge < -0.3 is 5.32 Å². The van der Waals surface area contributed by atoms with Gasteiger partial charge >= 0.3 is 0 Å². The summed E-state index contributed by atoms with van der Waals surface area (Å²) in [6.45, 7) is 3.30. The van der Waals surface area contributed by atoms with Gasteiger partial charge in [-0.2, -0.15) is 14.9 Å². The summed E-state index contributed by atoms with van der Waals surface area (Å²) in [7, 11) is 0. The van der Waals surface area contributed by atoms with Gasteiger partial charge in [-0.15, -0.1) is 0 Å². The predicted octanol–water partition coefficient (Wildman–Crippen LogP) is 4.17. The summed E-state index contributed by atoms with van der Waals surface area (Å²) in [4.78, 5) is 12.6. The van der Waals surface area contributed by atoms with Crippen molar-refractivity contribution in [1.82, 2.24) is 19.6 Å².